The van der Waals surface area contributed by atoms with Crippen LogP contribution in [0.2, 0.25) is 0 Å². The molecule has 0 aliphatic rings. The molecule has 3 aromatic carbocycles. The molecule has 0 saturated heterocycles. The standard InChI is InChI=1S/C27H25N3O4S/c1-19-6-5-7-23(16-19)29-35(33,34)24-14-9-20(2)25(17-24)27(32)28-22-12-10-21(11-13-22)18-30-15-4-3-8-26(30)31/h3-17,29H,18H2,1-2H3,(H,28,32). The van der Waals surface area contributed by atoms with Crippen LogP contribution in [0.25, 0.3) is 0 Å². The highest BCUT2D eigenvalue weighted by atomic mass is 32.2. The van der Waals surface area contributed by atoms with Crippen LogP contribution in [0.4, 0.5) is 11.4 Å². The van der Waals surface area contributed by atoms with Gasteiger partial charge in [0.15, 0.2) is 0 Å². The topological polar surface area (TPSA) is 97.3 Å². The molecule has 0 radical (unpaired) electrons. The van der Waals surface area contributed by atoms with Crippen LogP contribution in [-0.4, -0.2) is 18.9 Å². The highest BCUT2D eigenvalue weighted by Gasteiger charge is 2.18. The minimum atomic E-state index is -3.87. The molecule has 0 bridgehead atoms. The Morgan fingerprint density at radius 1 is 0.857 bits per heavy atom. The van der Waals surface area contributed by atoms with E-state index in [2.05, 4.69) is 10.0 Å². The molecule has 1 heterocycles. The van der Waals surface area contributed by atoms with Gasteiger partial charge in [-0.05, 0) is 73.0 Å². The van der Waals surface area contributed by atoms with E-state index < -0.39 is 15.9 Å². The van der Waals surface area contributed by atoms with Gasteiger partial charge in [-0.1, -0.05) is 36.4 Å². The normalized spacial score (nSPS) is 11.1. The Labute approximate surface area is 204 Å². The zero-order valence-electron chi connectivity index (χ0n) is 19.4. The number of sulfonamides is 1. The lowest BCUT2D eigenvalue weighted by Crippen LogP contribution is -2.18. The van der Waals surface area contributed by atoms with E-state index in [9.17, 15) is 18.0 Å². The fourth-order valence-electron chi connectivity index (χ4n) is 3.62. The van der Waals surface area contributed by atoms with Gasteiger partial charge >= 0.3 is 0 Å². The van der Waals surface area contributed by atoms with Gasteiger partial charge in [-0.15, -0.1) is 0 Å². The fraction of sp³-hybridized carbons (Fsp3) is 0.111. The number of hydrogen-bond donors (Lipinski definition) is 2. The zero-order chi connectivity index (χ0) is 25.0. The minimum absolute atomic E-state index is 0.00147. The van der Waals surface area contributed by atoms with Crippen molar-refractivity contribution in [2.45, 2.75) is 25.3 Å². The number of anilines is 2. The van der Waals surface area contributed by atoms with Crippen LogP contribution in [0.5, 0.6) is 0 Å². The molecule has 0 unspecified atom stereocenters. The number of aromatic nitrogens is 1. The molecule has 1 amide bonds. The van der Waals surface area contributed by atoms with E-state index in [0.717, 1.165) is 11.1 Å². The number of amides is 1. The second-order valence-electron chi connectivity index (χ2n) is 8.27. The van der Waals surface area contributed by atoms with Crippen LogP contribution in [-0.2, 0) is 16.6 Å². The molecule has 0 fully saturated rings. The zero-order valence-corrected chi connectivity index (χ0v) is 20.2. The molecule has 4 aromatic rings. The quantitative estimate of drug-likeness (QED) is 0.399. The molecule has 4 rings (SSSR count). The Kier molecular flexibility index (Phi) is 6.84. The van der Waals surface area contributed by atoms with Crippen LogP contribution in [0, 0.1) is 13.8 Å². The largest absolute Gasteiger partial charge is 0.322 e. The minimum Gasteiger partial charge on any atom is -0.322 e. The number of carbonyl (C=O) groups excluding carboxylic acids is 1. The van der Waals surface area contributed by atoms with Gasteiger partial charge in [-0.3, -0.25) is 14.3 Å². The van der Waals surface area contributed by atoms with Crippen LogP contribution < -0.4 is 15.6 Å². The molecule has 35 heavy (non-hydrogen) atoms. The van der Waals surface area contributed by atoms with Crippen LogP contribution >= 0.6 is 0 Å². The molecule has 0 aliphatic carbocycles. The summed E-state index contributed by atoms with van der Waals surface area (Å²) in [5.41, 5.74) is 3.67. The molecular formula is C27H25N3O4S. The van der Waals surface area contributed by atoms with E-state index in [-0.39, 0.29) is 16.0 Å². The van der Waals surface area contributed by atoms with Crippen molar-refractivity contribution in [2.75, 3.05) is 10.0 Å². The highest BCUT2D eigenvalue weighted by Crippen LogP contribution is 2.21. The van der Waals surface area contributed by atoms with Gasteiger partial charge in [0.1, 0.15) is 0 Å². The van der Waals surface area contributed by atoms with Crippen molar-refractivity contribution in [3.8, 4) is 0 Å². The Balaban J connectivity index is 1.50. The molecule has 8 heteroatoms. The van der Waals surface area contributed by atoms with Crippen LogP contribution in [0.15, 0.2) is 101 Å². The summed E-state index contributed by atoms with van der Waals surface area (Å²) in [5.74, 6) is -0.415. The summed E-state index contributed by atoms with van der Waals surface area (Å²) in [5, 5.41) is 2.81. The number of rotatable bonds is 7. The summed E-state index contributed by atoms with van der Waals surface area (Å²) in [7, 11) is -3.87. The maximum atomic E-state index is 13.0. The first kappa shape index (κ1) is 24.0. The summed E-state index contributed by atoms with van der Waals surface area (Å²) in [6.07, 6.45) is 1.72. The van der Waals surface area contributed by atoms with Crippen molar-refractivity contribution in [3.05, 3.63) is 124 Å². The van der Waals surface area contributed by atoms with Gasteiger partial charge in [0, 0.05) is 29.2 Å². The first-order chi connectivity index (χ1) is 16.7. The molecule has 0 atom stereocenters. The Morgan fingerprint density at radius 2 is 1.63 bits per heavy atom. The predicted octanol–water partition coefficient (Wildman–Crippen LogP) is 4.57. The molecule has 178 valence electrons. The fourth-order valence-corrected chi connectivity index (χ4v) is 4.69. The lowest BCUT2D eigenvalue weighted by Gasteiger charge is -2.12. The summed E-state index contributed by atoms with van der Waals surface area (Å²) < 4.78 is 30.0. The third kappa shape index (κ3) is 5.85. The third-order valence-electron chi connectivity index (χ3n) is 5.50. The summed E-state index contributed by atoms with van der Waals surface area (Å²) in [6.45, 7) is 4.04. The molecule has 1 aromatic heterocycles. The maximum Gasteiger partial charge on any atom is 0.261 e. The summed E-state index contributed by atoms with van der Waals surface area (Å²) in [6, 6.07) is 23.6. The summed E-state index contributed by atoms with van der Waals surface area (Å²) in [4.78, 5) is 24.9. The van der Waals surface area contributed by atoms with E-state index in [0.29, 0.717) is 23.5 Å². The molecular weight excluding hydrogens is 462 g/mol. The molecule has 0 saturated carbocycles. The van der Waals surface area contributed by atoms with E-state index in [4.69, 9.17) is 0 Å². The third-order valence-corrected chi connectivity index (χ3v) is 6.88. The Bertz CT molecular complexity index is 1540. The van der Waals surface area contributed by atoms with Gasteiger partial charge in [-0.25, -0.2) is 8.42 Å². The van der Waals surface area contributed by atoms with Gasteiger partial charge in [0.2, 0.25) is 0 Å². The Hall–Kier alpha value is -4.17. The molecule has 2 N–H and O–H groups in total. The van der Waals surface area contributed by atoms with Crippen molar-refractivity contribution < 1.29 is 13.2 Å². The lowest BCUT2D eigenvalue weighted by molar-refractivity contribution is 0.102. The van der Waals surface area contributed by atoms with E-state index in [1.807, 2.05) is 25.1 Å². The van der Waals surface area contributed by atoms with Crippen molar-refractivity contribution in [2.24, 2.45) is 0 Å². The van der Waals surface area contributed by atoms with Gasteiger partial charge in [-0.2, -0.15) is 0 Å². The molecule has 7 nitrogen and oxygen atoms in total. The molecule has 0 spiro atoms. The van der Waals surface area contributed by atoms with Crippen LogP contribution in [0.1, 0.15) is 27.0 Å². The van der Waals surface area contributed by atoms with Crippen LogP contribution in [0.3, 0.4) is 0 Å². The van der Waals surface area contributed by atoms with Gasteiger partial charge in [0.05, 0.1) is 11.4 Å². The number of nitrogens with one attached hydrogen (secondary N) is 2. The summed E-state index contributed by atoms with van der Waals surface area (Å²) >= 11 is 0. The van der Waals surface area contributed by atoms with E-state index >= 15 is 0 Å². The number of benzene rings is 3. The molecule has 0 aliphatic heterocycles. The van der Waals surface area contributed by atoms with Gasteiger partial charge < -0.3 is 9.88 Å². The highest BCUT2D eigenvalue weighted by molar-refractivity contribution is 7.92. The number of nitrogens with zero attached hydrogens (tertiary/aromatic N) is 1. The second kappa shape index (κ2) is 9.99. The average Bonchev–Trinajstić information content (AvgIpc) is 2.81. The van der Waals surface area contributed by atoms with Crippen molar-refractivity contribution >= 4 is 27.3 Å². The maximum absolute atomic E-state index is 13.0. The average molecular weight is 488 g/mol. The number of aryl methyl sites for hydroxylation is 2. The van der Waals surface area contributed by atoms with Crippen molar-refractivity contribution in [1.82, 2.24) is 4.57 Å². The van der Waals surface area contributed by atoms with E-state index in [1.165, 1.54) is 18.2 Å². The SMILES string of the molecule is Cc1cccc(NS(=O)(=O)c2ccc(C)c(C(=O)Nc3ccc(Cn4ccccc4=O)cc3)c2)c1. The first-order valence-corrected chi connectivity index (χ1v) is 12.5. The van der Waals surface area contributed by atoms with Gasteiger partial charge in [0.25, 0.3) is 21.5 Å². The Morgan fingerprint density at radius 3 is 2.34 bits per heavy atom. The first-order valence-electron chi connectivity index (χ1n) is 11.0. The van der Waals surface area contributed by atoms with Crippen molar-refractivity contribution in [1.29, 1.82) is 0 Å². The van der Waals surface area contributed by atoms with E-state index in [1.54, 1.807) is 66.2 Å². The van der Waals surface area contributed by atoms with Crippen molar-refractivity contribution in [3.63, 3.8) is 0 Å². The monoisotopic (exact) mass is 487 g/mol. The lowest BCUT2D eigenvalue weighted by atomic mass is 10.1. The predicted molar refractivity (Wildman–Crippen MR) is 137 cm³/mol. The number of carbonyl (C=O) groups is 1. The number of pyridine rings is 1. The second-order valence-corrected chi connectivity index (χ2v) is 9.95. The smallest absolute Gasteiger partial charge is 0.261 e. The number of hydrogen-bond acceptors (Lipinski definition) is 4.